The van der Waals surface area contributed by atoms with Gasteiger partial charge in [0.05, 0.1) is 17.7 Å². The molecule has 2 aromatic carbocycles. The van der Waals surface area contributed by atoms with Crippen LogP contribution in [0.5, 0.6) is 23.1 Å². The van der Waals surface area contributed by atoms with E-state index in [1.165, 1.54) is 0 Å². The minimum atomic E-state index is -0.279. The summed E-state index contributed by atoms with van der Waals surface area (Å²) in [6, 6.07) is 10.9. The molecule has 1 aliphatic heterocycles. The maximum Gasteiger partial charge on any atom is 0.258 e. The van der Waals surface area contributed by atoms with Crippen LogP contribution >= 0.6 is 0 Å². The molecule has 0 aliphatic carbocycles. The molecule has 132 valence electrons. The van der Waals surface area contributed by atoms with Crippen LogP contribution < -0.4 is 15.0 Å². The first-order valence-electron chi connectivity index (χ1n) is 8.42. The molecule has 0 saturated carbocycles. The van der Waals surface area contributed by atoms with E-state index >= 15 is 0 Å². The first-order valence-corrected chi connectivity index (χ1v) is 8.42. The fourth-order valence-corrected chi connectivity index (χ4v) is 3.07. The molecule has 0 spiro atoms. The molecule has 0 saturated heterocycles. The number of nitrogens with one attached hydrogen (secondary N) is 1. The van der Waals surface area contributed by atoms with Crippen molar-refractivity contribution >= 4 is 0 Å². The lowest BCUT2D eigenvalue weighted by molar-refractivity contribution is 0.318. The molecule has 3 aromatic rings. The maximum atomic E-state index is 12.6. The monoisotopic (exact) mass is 350 g/mol. The lowest BCUT2D eigenvalue weighted by Gasteiger charge is -2.19. The highest BCUT2D eigenvalue weighted by atomic mass is 16.5. The van der Waals surface area contributed by atoms with Crippen molar-refractivity contribution in [3.63, 3.8) is 0 Å². The summed E-state index contributed by atoms with van der Waals surface area (Å²) < 4.78 is 11.2. The fraction of sp³-hybridized carbons (Fsp3) is 0.200. The van der Waals surface area contributed by atoms with Crippen LogP contribution in [0.3, 0.4) is 0 Å². The average Bonchev–Trinajstić information content (AvgIpc) is 2.62. The fourth-order valence-electron chi connectivity index (χ4n) is 3.07. The van der Waals surface area contributed by atoms with Crippen molar-refractivity contribution in [3.8, 4) is 34.5 Å². The van der Waals surface area contributed by atoms with E-state index in [2.05, 4.69) is 9.97 Å². The van der Waals surface area contributed by atoms with Crippen LogP contribution in [0.15, 0.2) is 41.2 Å². The molecule has 26 heavy (non-hydrogen) atoms. The minimum absolute atomic E-state index is 0.0655. The predicted octanol–water partition coefficient (Wildman–Crippen LogP) is 3.55. The largest absolute Gasteiger partial charge is 0.504 e. The van der Waals surface area contributed by atoms with Crippen molar-refractivity contribution in [2.45, 2.75) is 20.3 Å². The molecule has 0 bridgehead atoms. The van der Waals surface area contributed by atoms with Crippen LogP contribution in [0.25, 0.3) is 11.4 Å². The van der Waals surface area contributed by atoms with Gasteiger partial charge in [-0.1, -0.05) is 23.8 Å². The van der Waals surface area contributed by atoms with Gasteiger partial charge in [0.15, 0.2) is 11.5 Å². The Balaban J connectivity index is 1.80. The van der Waals surface area contributed by atoms with Crippen molar-refractivity contribution in [1.29, 1.82) is 0 Å². The molecule has 1 aromatic heterocycles. The summed E-state index contributed by atoms with van der Waals surface area (Å²) >= 11 is 0. The van der Waals surface area contributed by atoms with E-state index in [0.29, 0.717) is 35.7 Å². The van der Waals surface area contributed by atoms with E-state index in [9.17, 15) is 9.90 Å². The molecule has 0 atom stereocenters. The smallest absolute Gasteiger partial charge is 0.258 e. The van der Waals surface area contributed by atoms with Gasteiger partial charge < -0.3 is 19.6 Å². The van der Waals surface area contributed by atoms with Gasteiger partial charge in [-0.3, -0.25) is 4.79 Å². The van der Waals surface area contributed by atoms with Gasteiger partial charge in [-0.2, -0.15) is 4.98 Å². The number of aromatic nitrogens is 2. The Morgan fingerprint density at radius 1 is 1.31 bits per heavy atom. The number of hydrogen-bond acceptors (Lipinski definition) is 5. The Morgan fingerprint density at radius 3 is 2.96 bits per heavy atom. The summed E-state index contributed by atoms with van der Waals surface area (Å²) in [5.74, 6) is 1.47. The summed E-state index contributed by atoms with van der Waals surface area (Å²) in [7, 11) is 0. The topological polar surface area (TPSA) is 84.4 Å². The number of rotatable bonds is 3. The van der Waals surface area contributed by atoms with Gasteiger partial charge in [-0.15, -0.1) is 0 Å². The quantitative estimate of drug-likeness (QED) is 0.590. The second-order valence-corrected chi connectivity index (χ2v) is 6.17. The Hall–Kier alpha value is -3.28. The highest BCUT2D eigenvalue weighted by Crippen LogP contribution is 2.38. The zero-order valence-corrected chi connectivity index (χ0v) is 14.5. The van der Waals surface area contributed by atoms with Crippen molar-refractivity contribution in [2.24, 2.45) is 0 Å². The molecule has 6 nitrogen and oxygen atoms in total. The third-order valence-electron chi connectivity index (χ3n) is 4.32. The zero-order chi connectivity index (χ0) is 18.3. The number of fused-ring (bicyclic) bond motifs is 2. The number of nitrogens with zero attached hydrogens (tertiary/aromatic N) is 1. The number of phenolic OH excluding ortho intramolecular Hbond substituents is 1. The summed E-state index contributed by atoms with van der Waals surface area (Å²) in [5.41, 5.74) is 2.65. The van der Waals surface area contributed by atoms with E-state index in [1.54, 1.807) is 18.2 Å². The number of H-pyrrole nitrogens is 1. The van der Waals surface area contributed by atoms with Crippen LogP contribution in [-0.4, -0.2) is 21.7 Å². The van der Waals surface area contributed by atoms with Gasteiger partial charge in [0.1, 0.15) is 11.6 Å². The summed E-state index contributed by atoms with van der Waals surface area (Å²) in [4.78, 5) is 19.8. The number of phenols is 1. The molecule has 2 heterocycles. The SMILES string of the molecule is CCOc1cccc(-c2nc3c(c(=O)[nH]2)Cc2cc(C)ccc2O3)c1O. The summed E-state index contributed by atoms with van der Waals surface area (Å²) in [6.07, 6.45) is 0.458. The van der Waals surface area contributed by atoms with Gasteiger partial charge in [0.25, 0.3) is 5.56 Å². The summed E-state index contributed by atoms with van der Waals surface area (Å²) in [5, 5.41) is 10.4. The minimum Gasteiger partial charge on any atom is -0.504 e. The number of hydrogen-bond donors (Lipinski definition) is 2. The van der Waals surface area contributed by atoms with Crippen molar-refractivity contribution in [3.05, 3.63) is 63.4 Å². The third-order valence-corrected chi connectivity index (χ3v) is 4.32. The maximum absolute atomic E-state index is 12.6. The number of aryl methyl sites for hydroxylation is 1. The highest BCUT2D eigenvalue weighted by molar-refractivity contribution is 5.68. The lowest BCUT2D eigenvalue weighted by Crippen LogP contribution is -2.20. The van der Waals surface area contributed by atoms with E-state index < -0.39 is 0 Å². The number of aromatic amines is 1. The second-order valence-electron chi connectivity index (χ2n) is 6.17. The molecule has 4 rings (SSSR count). The molecule has 0 unspecified atom stereocenters. The second kappa shape index (κ2) is 6.22. The van der Waals surface area contributed by atoms with Gasteiger partial charge >= 0.3 is 0 Å². The van der Waals surface area contributed by atoms with Crippen molar-refractivity contribution in [2.75, 3.05) is 6.61 Å². The van der Waals surface area contributed by atoms with Gasteiger partial charge in [-0.05, 0) is 37.6 Å². The van der Waals surface area contributed by atoms with Crippen molar-refractivity contribution < 1.29 is 14.6 Å². The van der Waals surface area contributed by atoms with Crippen molar-refractivity contribution in [1.82, 2.24) is 9.97 Å². The van der Waals surface area contributed by atoms with E-state index in [1.807, 2.05) is 32.0 Å². The standard InChI is InChI=1S/C20H18N2O4/c1-3-25-16-6-4-5-13(17(16)23)18-21-19(24)14-10-12-9-11(2)7-8-15(12)26-20(14)22-18/h4-9,23H,3,10H2,1-2H3,(H,21,22,24). The first-order chi connectivity index (χ1) is 12.6. The molecule has 2 N–H and O–H groups in total. The molecule has 0 radical (unpaired) electrons. The molecule has 1 aliphatic rings. The molecule has 0 amide bonds. The van der Waals surface area contributed by atoms with Gasteiger partial charge in [0, 0.05) is 6.42 Å². The van der Waals surface area contributed by atoms with Crippen LogP contribution in [0.2, 0.25) is 0 Å². The molecular formula is C20H18N2O4. The first kappa shape index (κ1) is 16.2. The lowest BCUT2D eigenvalue weighted by atomic mass is 10.0. The third kappa shape index (κ3) is 2.69. The Labute approximate surface area is 150 Å². The van der Waals surface area contributed by atoms with E-state index in [-0.39, 0.29) is 23.0 Å². The van der Waals surface area contributed by atoms with Crippen LogP contribution in [0.1, 0.15) is 23.6 Å². The molecule has 6 heteroatoms. The van der Waals surface area contributed by atoms with E-state index in [4.69, 9.17) is 9.47 Å². The van der Waals surface area contributed by atoms with Crippen LogP contribution in [-0.2, 0) is 6.42 Å². The Bertz CT molecular complexity index is 1060. The summed E-state index contributed by atoms with van der Waals surface area (Å²) in [6.45, 7) is 4.25. The average molecular weight is 350 g/mol. The predicted molar refractivity (Wildman–Crippen MR) is 97.2 cm³/mol. The Morgan fingerprint density at radius 2 is 2.15 bits per heavy atom. The van der Waals surface area contributed by atoms with Crippen LogP contribution in [0, 0.1) is 6.92 Å². The van der Waals surface area contributed by atoms with Gasteiger partial charge in [0.2, 0.25) is 5.88 Å². The van der Waals surface area contributed by atoms with E-state index in [0.717, 1.165) is 11.1 Å². The number of ether oxygens (including phenoxy) is 2. The van der Waals surface area contributed by atoms with Crippen LogP contribution in [0.4, 0.5) is 0 Å². The Kier molecular flexibility index (Phi) is 3.88. The number of aromatic hydroxyl groups is 1. The molecular weight excluding hydrogens is 332 g/mol. The number of benzene rings is 2. The molecule has 0 fully saturated rings. The zero-order valence-electron chi connectivity index (χ0n) is 14.5. The normalized spacial score (nSPS) is 12.1. The van der Waals surface area contributed by atoms with Gasteiger partial charge in [-0.25, -0.2) is 0 Å². The highest BCUT2D eigenvalue weighted by Gasteiger charge is 2.23. The number of para-hydroxylation sites is 1.